The summed E-state index contributed by atoms with van der Waals surface area (Å²) >= 11 is 0. The van der Waals surface area contributed by atoms with Crippen molar-refractivity contribution >= 4 is 46.6 Å². The number of nitrogens with one attached hydrogen (secondary N) is 3. The fourth-order valence-electron chi connectivity index (χ4n) is 9.38. The van der Waals surface area contributed by atoms with Crippen molar-refractivity contribution in [2.24, 2.45) is 0 Å². The molecule has 1 unspecified atom stereocenters. The zero-order chi connectivity index (χ0) is 52.5. The third-order valence-electron chi connectivity index (χ3n) is 13.1. The highest BCUT2D eigenvalue weighted by Gasteiger charge is 2.31. The van der Waals surface area contributed by atoms with Crippen molar-refractivity contribution in [2.45, 2.75) is 82.9 Å². The third kappa shape index (κ3) is 15.4. The number of aromatic nitrogens is 1. The SMILES string of the molecule is CC(C)(C)OC(=O)CCC(NC(=O)OCC1c2ccccc2-c2ccccc21)C(=O)NCCOCCOCCC(=O)N1CCN(CCCOc2ccc3nccc(C(=O)NCC(=O)N4CCC[C@H]4C#N)c3c2)CC1. The van der Waals surface area contributed by atoms with Crippen LogP contribution in [0.1, 0.15) is 86.7 Å². The second-order valence-corrected chi connectivity index (χ2v) is 19.4. The molecule has 3 aliphatic rings. The van der Waals surface area contributed by atoms with E-state index >= 15 is 0 Å². The van der Waals surface area contributed by atoms with E-state index in [1.165, 1.54) is 4.90 Å². The van der Waals surface area contributed by atoms with Crippen LogP contribution in [0.4, 0.5) is 4.79 Å². The van der Waals surface area contributed by atoms with Gasteiger partial charge >= 0.3 is 12.1 Å². The van der Waals surface area contributed by atoms with Crippen molar-refractivity contribution < 1.29 is 52.5 Å². The summed E-state index contributed by atoms with van der Waals surface area (Å²) in [5.41, 5.74) is 4.61. The molecule has 2 atom stereocenters. The summed E-state index contributed by atoms with van der Waals surface area (Å²) in [6.07, 6.45) is 3.10. The Morgan fingerprint density at radius 2 is 1.53 bits per heavy atom. The molecule has 74 heavy (non-hydrogen) atoms. The van der Waals surface area contributed by atoms with Gasteiger partial charge in [0.25, 0.3) is 5.91 Å². The molecule has 5 amide bonds. The van der Waals surface area contributed by atoms with Crippen molar-refractivity contribution in [1.29, 1.82) is 5.26 Å². The van der Waals surface area contributed by atoms with Crippen LogP contribution >= 0.6 is 0 Å². The third-order valence-corrected chi connectivity index (χ3v) is 13.1. The maximum Gasteiger partial charge on any atom is 0.407 e. The normalized spacial score (nSPS) is 15.9. The van der Waals surface area contributed by atoms with Crippen molar-refractivity contribution in [2.75, 3.05) is 92.0 Å². The molecule has 394 valence electrons. The molecule has 3 N–H and O–H groups in total. The van der Waals surface area contributed by atoms with Gasteiger partial charge in [0.15, 0.2) is 0 Å². The van der Waals surface area contributed by atoms with E-state index < -0.39 is 41.6 Å². The summed E-state index contributed by atoms with van der Waals surface area (Å²) in [5, 5.41) is 18.0. The maximum absolute atomic E-state index is 13.3. The molecular weight excluding hydrogens is 949 g/mol. The van der Waals surface area contributed by atoms with Crippen molar-refractivity contribution in [3.05, 3.63) is 95.7 Å². The lowest BCUT2D eigenvalue weighted by atomic mass is 9.98. The van der Waals surface area contributed by atoms with Gasteiger partial charge in [-0.1, -0.05) is 48.5 Å². The summed E-state index contributed by atoms with van der Waals surface area (Å²) < 4.78 is 28.5. The zero-order valence-corrected chi connectivity index (χ0v) is 42.6. The van der Waals surface area contributed by atoms with Gasteiger partial charge < -0.3 is 49.4 Å². The van der Waals surface area contributed by atoms with Gasteiger partial charge in [0.2, 0.25) is 17.7 Å². The fourth-order valence-corrected chi connectivity index (χ4v) is 9.38. The first-order valence-electron chi connectivity index (χ1n) is 25.5. The Labute approximate surface area is 432 Å². The predicted octanol–water partition coefficient (Wildman–Crippen LogP) is 4.96. The van der Waals surface area contributed by atoms with E-state index in [-0.39, 0.29) is 83.1 Å². The molecule has 3 aromatic carbocycles. The standard InChI is InChI=1S/C55H68N8O11/c1-55(2,3)74-51(66)18-17-48(60-54(69)73-37-46-42-13-6-4-11-40(42)41-12-5-7-14-43(41)46)53(68)58-22-31-71-33-32-70-30-20-49(64)62-27-25-61(26-28-62)23-9-29-72-39-15-16-47-45(34-39)44(19-21-57-47)52(67)59-36-50(65)63-24-8-10-38(63)35-56/h4-7,11-16,19,21,34,38,46,48H,8-10,17-18,20,22-33,36-37H2,1-3H3,(H,58,68)(H,59,67)(H,60,69)/t38-,48?/m0/s1. The number of likely N-dealkylation sites (tertiary alicyclic amines) is 1. The van der Waals surface area contributed by atoms with E-state index in [4.69, 9.17) is 23.7 Å². The monoisotopic (exact) mass is 1020 g/mol. The second kappa shape index (κ2) is 26.7. The van der Waals surface area contributed by atoms with E-state index in [1.54, 1.807) is 45.2 Å². The average molecular weight is 1020 g/mol. The van der Waals surface area contributed by atoms with Crippen molar-refractivity contribution in [3.63, 3.8) is 0 Å². The van der Waals surface area contributed by atoms with E-state index in [0.717, 1.165) is 54.7 Å². The Morgan fingerprint density at radius 1 is 0.811 bits per heavy atom. The van der Waals surface area contributed by atoms with Gasteiger partial charge in [0, 0.05) is 69.7 Å². The van der Waals surface area contributed by atoms with Crippen LogP contribution in [-0.4, -0.2) is 165 Å². The number of carbonyl (C=O) groups is 6. The van der Waals surface area contributed by atoms with Gasteiger partial charge in [-0.2, -0.15) is 5.26 Å². The topological polar surface area (TPSA) is 231 Å². The lowest BCUT2D eigenvalue weighted by Gasteiger charge is -2.34. The molecule has 2 aliphatic heterocycles. The molecule has 0 saturated carbocycles. The largest absolute Gasteiger partial charge is 0.494 e. The molecule has 0 radical (unpaired) electrons. The summed E-state index contributed by atoms with van der Waals surface area (Å²) in [5.74, 6) is -1.21. The van der Waals surface area contributed by atoms with Gasteiger partial charge in [-0.05, 0) is 93.0 Å². The van der Waals surface area contributed by atoms with E-state index in [9.17, 15) is 34.0 Å². The summed E-state index contributed by atoms with van der Waals surface area (Å²) in [4.78, 5) is 87.7. The Bertz CT molecular complexity index is 2600. The number of alkyl carbamates (subject to hydrolysis) is 1. The van der Waals surface area contributed by atoms with Crippen LogP contribution in [-0.2, 0) is 38.1 Å². The quantitative estimate of drug-likeness (QED) is 0.0623. The minimum absolute atomic E-state index is 0.00269. The zero-order valence-electron chi connectivity index (χ0n) is 42.6. The van der Waals surface area contributed by atoms with Crippen LogP contribution in [0.5, 0.6) is 5.75 Å². The number of fused-ring (bicyclic) bond motifs is 4. The lowest BCUT2D eigenvalue weighted by molar-refractivity contribution is -0.155. The van der Waals surface area contributed by atoms with Gasteiger partial charge in [0.1, 0.15) is 30.0 Å². The molecule has 1 aliphatic carbocycles. The van der Waals surface area contributed by atoms with Crippen LogP contribution in [0.2, 0.25) is 0 Å². The number of amides is 5. The summed E-state index contributed by atoms with van der Waals surface area (Å²) in [7, 11) is 0. The minimum Gasteiger partial charge on any atom is -0.494 e. The lowest BCUT2D eigenvalue weighted by Crippen LogP contribution is -2.49. The second-order valence-electron chi connectivity index (χ2n) is 19.4. The first-order chi connectivity index (χ1) is 35.8. The predicted molar refractivity (Wildman–Crippen MR) is 274 cm³/mol. The number of piperazine rings is 1. The van der Waals surface area contributed by atoms with Crippen LogP contribution < -0.4 is 20.7 Å². The molecule has 19 heteroatoms. The van der Waals surface area contributed by atoms with Crippen molar-refractivity contribution in [1.82, 2.24) is 35.6 Å². The van der Waals surface area contributed by atoms with E-state index in [1.807, 2.05) is 59.5 Å². The molecule has 4 aromatic rings. The molecule has 3 heterocycles. The Hall–Kier alpha value is -7.14. The molecular formula is C55H68N8O11. The number of hydrogen-bond acceptors (Lipinski definition) is 14. The van der Waals surface area contributed by atoms with Crippen LogP contribution in [0, 0.1) is 11.3 Å². The number of esters is 1. The molecule has 1 aromatic heterocycles. The number of nitrogens with zero attached hydrogens (tertiary/aromatic N) is 5. The summed E-state index contributed by atoms with van der Waals surface area (Å²) in [6.45, 7) is 10.7. The highest BCUT2D eigenvalue weighted by atomic mass is 16.6. The number of rotatable bonds is 24. The molecule has 19 nitrogen and oxygen atoms in total. The van der Waals surface area contributed by atoms with Gasteiger partial charge in [-0.15, -0.1) is 0 Å². The Balaban J connectivity index is 0.738. The first-order valence-corrected chi connectivity index (χ1v) is 25.5. The number of benzene rings is 3. The molecule has 2 fully saturated rings. The number of pyridine rings is 1. The highest BCUT2D eigenvalue weighted by molar-refractivity contribution is 6.07. The van der Waals surface area contributed by atoms with Gasteiger partial charge in [-0.25, -0.2) is 4.79 Å². The van der Waals surface area contributed by atoms with Crippen LogP contribution in [0.3, 0.4) is 0 Å². The number of carbonyl (C=O) groups excluding carboxylic acids is 6. The Morgan fingerprint density at radius 3 is 2.24 bits per heavy atom. The average Bonchev–Trinajstić information content (AvgIpc) is 4.01. The first kappa shape index (κ1) is 54.6. The smallest absolute Gasteiger partial charge is 0.407 e. The maximum atomic E-state index is 13.3. The van der Waals surface area contributed by atoms with Crippen LogP contribution in [0.15, 0.2) is 79.0 Å². The molecule has 0 spiro atoms. The van der Waals surface area contributed by atoms with Crippen LogP contribution in [0.25, 0.3) is 22.0 Å². The van der Waals surface area contributed by atoms with Crippen molar-refractivity contribution in [3.8, 4) is 22.9 Å². The molecule has 7 rings (SSSR count). The summed E-state index contributed by atoms with van der Waals surface area (Å²) in [6, 6.07) is 23.6. The fraction of sp³-hybridized carbons (Fsp3) is 0.491. The number of nitriles is 1. The molecule has 0 bridgehead atoms. The van der Waals surface area contributed by atoms with Gasteiger partial charge in [0.05, 0.1) is 63.1 Å². The van der Waals surface area contributed by atoms with Gasteiger partial charge in [-0.3, -0.25) is 33.9 Å². The highest BCUT2D eigenvalue weighted by Crippen LogP contribution is 2.44. The van der Waals surface area contributed by atoms with E-state index in [0.29, 0.717) is 54.9 Å². The Kier molecular flexibility index (Phi) is 19.7. The number of ether oxygens (including phenoxy) is 5. The van der Waals surface area contributed by atoms with E-state index in [2.05, 4.69) is 31.9 Å². The number of hydrogen-bond donors (Lipinski definition) is 3. The molecule has 2 saturated heterocycles. The minimum atomic E-state index is -1.06.